The van der Waals surface area contributed by atoms with Gasteiger partial charge in [0.15, 0.2) is 18.2 Å². The lowest BCUT2D eigenvalue weighted by molar-refractivity contribution is -0.227. The highest BCUT2D eigenvalue weighted by Gasteiger charge is 2.57. The molecule has 2 aliphatic rings. The van der Waals surface area contributed by atoms with E-state index in [0.29, 0.717) is 0 Å². The predicted molar refractivity (Wildman–Crippen MR) is 63.8 cm³/mol. The smallest absolute Gasteiger partial charge is 0.249 e. The van der Waals surface area contributed by atoms with Gasteiger partial charge in [0.05, 0.1) is 6.61 Å². The van der Waals surface area contributed by atoms with E-state index in [-0.39, 0.29) is 6.61 Å². The van der Waals surface area contributed by atoms with Gasteiger partial charge < -0.3 is 29.8 Å². The standard InChI is InChI=1S/C12H19NO6/c1-4-5-16-9(10(13)15)7-6(14)8-11(17-7)19-12(2,3)18-8/h4,6-9,11,14H,1,5H2,2-3H3,(H2,13,15). The molecular formula is C12H19NO6. The minimum Gasteiger partial charge on any atom is -0.387 e. The zero-order valence-corrected chi connectivity index (χ0v) is 10.9. The topological polar surface area (TPSA) is 100 Å². The molecule has 2 heterocycles. The van der Waals surface area contributed by atoms with Crippen LogP contribution in [0.5, 0.6) is 0 Å². The van der Waals surface area contributed by atoms with Crippen molar-refractivity contribution in [3.05, 3.63) is 12.7 Å². The highest BCUT2D eigenvalue weighted by Crippen LogP contribution is 2.38. The molecule has 0 spiro atoms. The average Bonchev–Trinajstić information content (AvgIpc) is 2.74. The number of nitrogens with two attached hydrogens (primary N) is 1. The molecule has 0 saturated carbocycles. The number of rotatable bonds is 5. The zero-order valence-electron chi connectivity index (χ0n) is 10.9. The summed E-state index contributed by atoms with van der Waals surface area (Å²) in [6.45, 7) is 7.05. The van der Waals surface area contributed by atoms with Gasteiger partial charge in [0, 0.05) is 0 Å². The van der Waals surface area contributed by atoms with E-state index >= 15 is 0 Å². The molecule has 2 saturated heterocycles. The van der Waals surface area contributed by atoms with E-state index in [1.807, 2.05) is 0 Å². The van der Waals surface area contributed by atoms with E-state index in [2.05, 4.69) is 6.58 Å². The Morgan fingerprint density at radius 3 is 2.79 bits per heavy atom. The molecule has 5 atom stereocenters. The Balaban J connectivity index is 2.07. The Hall–Kier alpha value is -0.990. The minimum atomic E-state index is -1.08. The third kappa shape index (κ3) is 2.80. The summed E-state index contributed by atoms with van der Waals surface area (Å²) in [5, 5.41) is 10.2. The van der Waals surface area contributed by atoms with Gasteiger partial charge in [0.2, 0.25) is 5.91 Å². The first-order valence-electron chi connectivity index (χ1n) is 6.06. The van der Waals surface area contributed by atoms with Crippen molar-refractivity contribution < 1.29 is 28.8 Å². The first-order chi connectivity index (χ1) is 8.85. The van der Waals surface area contributed by atoms with Crippen LogP contribution in [0.25, 0.3) is 0 Å². The fraction of sp³-hybridized carbons (Fsp3) is 0.750. The maximum absolute atomic E-state index is 11.4. The second kappa shape index (κ2) is 5.18. The van der Waals surface area contributed by atoms with Crippen molar-refractivity contribution in [2.45, 2.75) is 50.3 Å². The van der Waals surface area contributed by atoms with Gasteiger partial charge in [0.25, 0.3) is 0 Å². The summed E-state index contributed by atoms with van der Waals surface area (Å²) in [6, 6.07) is 0. The molecule has 19 heavy (non-hydrogen) atoms. The summed E-state index contributed by atoms with van der Waals surface area (Å²) in [7, 11) is 0. The molecule has 0 aromatic rings. The number of amides is 1. The number of aliphatic hydroxyl groups excluding tert-OH is 1. The molecule has 7 heteroatoms. The normalized spacial score (nSPS) is 37.8. The summed E-state index contributed by atoms with van der Waals surface area (Å²) in [5.74, 6) is -1.55. The fourth-order valence-corrected chi connectivity index (χ4v) is 2.28. The molecule has 0 aromatic heterocycles. The molecule has 2 aliphatic heterocycles. The van der Waals surface area contributed by atoms with E-state index in [1.165, 1.54) is 6.08 Å². The molecule has 108 valence electrons. The molecular weight excluding hydrogens is 254 g/mol. The molecule has 0 aliphatic carbocycles. The zero-order chi connectivity index (χ0) is 14.2. The predicted octanol–water partition coefficient (Wildman–Crippen LogP) is -0.720. The Morgan fingerprint density at radius 1 is 1.58 bits per heavy atom. The monoisotopic (exact) mass is 273 g/mol. The van der Waals surface area contributed by atoms with Crippen molar-refractivity contribution in [2.24, 2.45) is 5.73 Å². The highest BCUT2D eigenvalue weighted by atomic mass is 16.8. The molecule has 0 aromatic carbocycles. The second-order valence-corrected chi connectivity index (χ2v) is 5.00. The van der Waals surface area contributed by atoms with Crippen molar-refractivity contribution in [1.29, 1.82) is 0 Å². The molecule has 0 radical (unpaired) electrons. The van der Waals surface area contributed by atoms with Crippen LogP contribution < -0.4 is 5.73 Å². The number of primary amides is 1. The van der Waals surface area contributed by atoms with Crippen molar-refractivity contribution in [3.63, 3.8) is 0 Å². The van der Waals surface area contributed by atoms with E-state index < -0.39 is 42.4 Å². The van der Waals surface area contributed by atoms with E-state index in [4.69, 9.17) is 24.7 Å². The first-order valence-corrected chi connectivity index (χ1v) is 6.06. The van der Waals surface area contributed by atoms with Gasteiger partial charge in [-0.2, -0.15) is 0 Å². The van der Waals surface area contributed by atoms with Gasteiger partial charge in [-0.05, 0) is 13.8 Å². The lowest BCUT2D eigenvalue weighted by Crippen LogP contribution is -2.48. The fourth-order valence-electron chi connectivity index (χ4n) is 2.28. The van der Waals surface area contributed by atoms with Crippen molar-refractivity contribution >= 4 is 5.91 Å². The second-order valence-electron chi connectivity index (χ2n) is 5.00. The van der Waals surface area contributed by atoms with Crippen LogP contribution in [0.3, 0.4) is 0 Å². The van der Waals surface area contributed by atoms with Crippen LogP contribution >= 0.6 is 0 Å². The van der Waals surface area contributed by atoms with E-state index in [0.717, 1.165) is 0 Å². The van der Waals surface area contributed by atoms with Crippen LogP contribution in [0, 0.1) is 0 Å². The van der Waals surface area contributed by atoms with Crippen LogP contribution in [0.2, 0.25) is 0 Å². The number of fused-ring (bicyclic) bond motifs is 1. The molecule has 2 fully saturated rings. The maximum Gasteiger partial charge on any atom is 0.249 e. The van der Waals surface area contributed by atoms with Crippen LogP contribution in [0.15, 0.2) is 12.7 Å². The number of hydrogen-bond donors (Lipinski definition) is 2. The van der Waals surface area contributed by atoms with Gasteiger partial charge in [-0.3, -0.25) is 4.79 Å². The number of carbonyl (C=O) groups is 1. The van der Waals surface area contributed by atoms with Crippen molar-refractivity contribution in [1.82, 2.24) is 0 Å². The Labute approximate surface area is 111 Å². The number of carbonyl (C=O) groups excluding carboxylic acids is 1. The largest absolute Gasteiger partial charge is 0.387 e. The van der Waals surface area contributed by atoms with E-state index in [1.54, 1.807) is 13.8 Å². The third-order valence-corrected chi connectivity index (χ3v) is 3.03. The summed E-state index contributed by atoms with van der Waals surface area (Å²) in [4.78, 5) is 11.4. The third-order valence-electron chi connectivity index (χ3n) is 3.03. The van der Waals surface area contributed by atoms with E-state index in [9.17, 15) is 9.90 Å². The quantitative estimate of drug-likeness (QED) is 0.641. The summed E-state index contributed by atoms with van der Waals surface area (Å²) < 4.78 is 21.7. The molecule has 0 bridgehead atoms. The van der Waals surface area contributed by atoms with Gasteiger partial charge in [-0.25, -0.2) is 0 Å². The first kappa shape index (κ1) is 14.4. The van der Waals surface area contributed by atoms with Crippen LogP contribution in [-0.4, -0.2) is 54.1 Å². The lowest BCUT2D eigenvalue weighted by atomic mass is 10.1. The molecule has 1 amide bonds. The van der Waals surface area contributed by atoms with Crippen LogP contribution in [0.4, 0.5) is 0 Å². The summed E-state index contributed by atoms with van der Waals surface area (Å²) in [5.41, 5.74) is 5.25. The highest BCUT2D eigenvalue weighted by molar-refractivity contribution is 5.79. The SMILES string of the molecule is C=CCOC(C(N)=O)C1OC2OC(C)(C)OC2C1O. The number of hydrogen-bond acceptors (Lipinski definition) is 6. The van der Waals surface area contributed by atoms with Crippen molar-refractivity contribution in [3.8, 4) is 0 Å². The summed E-state index contributed by atoms with van der Waals surface area (Å²) in [6.07, 6.45) is -2.95. The van der Waals surface area contributed by atoms with Gasteiger partial charge in [0.1, 0.15) is 18.3 Å². The van der Waals surface area contributed by atoms with Crippen LogP contribution in [-0.2, 0) is 23.7 Å². The Bertz CT molecular complexity index is 371. The minimum absolute atomic E-state index is 0.128. The Morgan fingerprint density at radius 2 is 2.26 bits per heavy atom. The van der Waals surface area contributed by atoms with Crippen molar-refractivity contribution in [2.75, 3.05) is 6.61 Å². The van der Waals surface area contributed by atoms with Gasteiger partial charge in [-0.1, -0.05) is 6.08 Å². The molecule has 5 unspecified atom stereocenters. The maximum atomic E-state index is 11.4. The Kier molecular flexibility index (Phi) is 3.93. The number of aliphatic hydroxyl groups is 1. The molecule has 3 N–H and O–H groups in total. The summed E-state index contributed by atoms with van der Waals surface area (Å²) >= 11 is 0. The van der Waals surface area contributed by atoms with Gasteiger partial charge >= 0.3 is 0 Å². The van der Waals surface area contributed by atoms with Crippen LogP contribution in [0.1, 0.15) is 13.8 Å². The van der Waals surface area contributed by atoms with Gasteiger partial charge in [-0.15, -0.1) is 6.58 Å². The number of ether oxygens (including phenoxy) is 4. The molecule has 7 nitrogen and oxygen atoms in total. The average molecular weight is 273 g/mol. The molecule has 2 rings (SSSR count). The lowest BCUT2D eigenvalue weighted by Gasteiger charge is -2.26.